The fourth-order valence-corrected chi connectivity index (χ4v) is 4.44. The molecule has 0 amide bonds. The molecule has 1 aliphatic rings. The fourth-order valence-electron chi connectivity index (χ4n) is 4.44. The number of fused-ring (bicyclic) bond motifs is 1. The number of hydrogen-bond acceptors (Lipinski definition) is 6. The predicted octanol–water partition coefficient (Wildman–Crippen LogP) is 4.08. The van der Waals surface area contributed by atoms with E-state index in [4.69, 9.17) is 9.15 Å². The van der Waals surface area contributed by atoms with Crippen molar-refractivity contribution in [3.05, 3.63) is 82.7 Å². The molecule has 0 aliphatic carbocycles. The predicted molar refractivity (Wildman–Crippen MR) is 133 cm³/mol. The first-order chi connectivity index (χ1) is 16.5. The van der Waals surface area contributed by atoms with Crippen LogP contribution in [-0.4, -0.2) is 52.6 Å². The van der Waals surface area contributed by atoms with Crippen molar-refractivity contribution in [1.82, 2.24) is 19.4 Å². The van der Waals surface area contributed by atoms with E-state index in [0.29, 0.717) is 23.3 Å². The normalized spacial score (nSPS) is 16.1. The fraction of sp³-hybridized carbons (Fsp3) is 0.333. The summed E-state index contributed by atoms with van der Waals surface area (Å²) in [6.07, 6.45) is 5.19. The van der Waals surface area contributed by atoms with E-state index in [0.717, 1.165) is 48.6 Å². The first kappa shape index (κ1) is 22.4. The van der Waals surface area contributed by atoms with Gasteiger partial charge in [0.2, 0.25) is 0 Å². The quantitative estimate of drug-likeness (QED) is 0.434. The molecule has 7 nitrogen and oxygen atoms in total. The van der Waals surface area contributed by atoms with Crippen LogP contribution in [0, 0.1) is 0 Å². The number of nitrogens with zero attached hydrogens (tertiary/aromatic N) is 4. The summed E-state index contributed by atoms with van der Waals surface area (Å²) in [5, 5.41) is 0.591. The van der Waals surface area contributed by atoms with E-state index in [2.05, 4.69) is 21.8 Å². The highest BCUT2D eigenvalue weighted by molar-refractivity contribution is 5.91. The molecule has 0 N–H and O–H groups in total. The van der Waals surface area contributed by atoms with Gasteiger partial charge in [0.05, 0.1) is 18.1 Å². The maximum atomic E-state index is 12.9. The van der Waals surface area contributed by atoms with Crippen molar-refractivity contribution in [3.63, 3.8) is 0 Å². The standard InChI is InChI=1S/C27H30N4O3/c1-19(20-7-5-4-6-8-20)33-22-13-21(15-28-16-22)25-18-30(3)27(32)24-14-23(34-26(24)25)17-31-11-9-29(2)10-12-31/h4-8,13-16,18-19H,9-12,17H2,1-3H3. The summed E-state index contributed by atoms with van der Waals surface area (Å²) in [5.74, 6) is 1.47. The van der Waals surface area contributed by atoms with Crippen molar-refractivity contribution in [2.75, 3.05) is 33.2 Å². The molecule has 1 aromatic carbocycles. The molecule has 4 aromatic rings. The number of ether oxygens (including phenoxy) is 1. The molecule has 3 aromatic heterocycles. The van der Waals surface area contributed by atoms with Crippen LogP contribution in [0.4, 0.5) is 0 Å². The Morgan fingerprint density at radius 2 is 1.82 bits per heavy atom. The summed E-state index contributed by atoms with van der Waals surface area (Å²) < 4.78 is 14.0. The van der Waals surface area contributed by atoms with Crippen LogP contribution < -0.4 is 10.3 Å². The summed E-state index contributed by atoms with van der Waals surface area (Å²) in [6, 6.07) is 13.9. The van der Waals surface area contributed by atoms with Crippen LogP contribution in [0.15, 0.2) is 70.3 Å². The molecular weight excluding hydrogens is 428 g/mol. The Balaban J connectivity index is 1.46. The van der Waals surface area contributed by atoms with Crippen LogP contribution in [0.2, 0.25) is 0 Å². The number of aromatic nitrogens is 2. The second kappa shape index (κ2) is 9.44. The van der Waals surface area contributed by atoms with Crippen molar-refractivity contribution in [2.24, 2.45) is 7.05 Å². The summed E-state index contributed by atoms with van der Waals surface area (Å²) >= 11 is 0. The monoisotopic (exact) mass is 458 g/mol. The molecule has 7 heteroatoms. The third-order valence-electron chi connectivity index (χ3n) is 6.48. The van der Waals surface area contributed by atoms with Crippen LogP contribution >= 0.6 is 0 Å². The topological polar surface area (TPSA) is 63.7 Å². The number of benzene rings is 1. The van der Waals surface area contributed by atoms with E-state index in [9.17, 15) is 4.79 Å². The lowest BCUT2D eigenvalue weighted by atomic mass is 10.1. The van der Waals surface area contributed by atoms with Crippen molar-refractivity contribution < 1.29 is 9.15 Å². The zero-order valence-electron chi connectivity index (χ0n) is 19.9. The smallest absolute Gasteiger partial charge is 0.261 e. The number of aryl methyl sites for hydroxylation is 1. The molecule has 1 aliphatic heterocycles. The Kier molecular flexibility index (Phi) is 6.22. The SMILES string of the molecule is CC(Oc1cncc(-c2cn(C)c(=O)c3cc(CN4CCN(C)CC4)oc23)c1)c1ccccc1. The van der Waals surface area contributed by atoms with E-state index >= 15 is 0 Å². The van der Waals surface area contributed by atoms with Crippen LogP contribution in [0.25, 0.3) is 22.1 Å². The van der Waals surface area contributed by atoms with Gasteiger partial charge in [-0.25, -0.2) is 0 Å². The Morgan fingerprint density at radius 3 is 2.59 bits per heavy atom. The van der Waals surface area contributed by atoms with Gasteiger partial charge in [0, 0.05) is 56.7 Å². The van der Waals surface area contributed by atoms with Gasteiger partial charge in [-0.3, -0.25) is 14.7 Å². The maximum Gasteiger partial charge on any atom is 0.261 e. The molecule has 1 saturated heterocycles. The Bertz CT molecular complexity index is 1340. The molecule has 5 rings (SSSR count). The van der Waals surface area contributed by atoms with E-state index in [1.54, 1.807) is 24.0 Å². The van der Waals surface area contributed by atoms with Crippen LogP contribution in [-0.2, 0) is 13.6 Å². The summed E-state index contributed by atoms with van der Waals surface area (Å²) in [7, 11) is 3.91. The number of furan rings is 1. The molecular formula is C27H30N4O3. The zero-order chi connectivity index (χ0) is 23.7. The summed E-state index contributed by atoms with van der Waals surface area (Å²) in [5.41, 5.74) is 3.30. The average molecular weight is 459 g/mol. The van der Waals surface area contributed by atoms with Crippen LogP contribution in [0.1, 0.15) is 24.4 Å². The number of pyridine rings is 2. The second-order valence-electron chi connectivity index (χ2n) is 9.07. The third-order valence-corrected chi connectivity index (χ3v) is 6.48. The van der Waals surface area contributed by atoms with Gasteiger partial charge in [-0.2, -0.15) is 0 Å². The first-order valence-corrected chi connectivity index (χ1v) is 11.7. The lowest BCUT2D eigenvalue weighted by Crippen LogP contribution is -2.43. The minimum absolute atomic E-state index is 0.0646. The third kappa shape index (κ3) is 4.62. The lowest BCUT2D eigenvalue weighted by molar-refractivity contribution is 0.141. The Morgan fingerprint density at radius 1 is 1.06 bits per heavy atom. The van der Waals surface area contributed by atoms with Gasteiger partial charge >= 0.3 is 0 Å². The van der Waals surface area contributed by atoms with Crippen molar-refractivity contribution >= 4 is 11.0 Å². The summed E-state index contributed by atoms with van der Waals surface area (Å²) in [4.78, 5) is 22.0. The largest absolute Gasteiger partial charge is 0.484 e. The van der Waals surface area contributed by atoms with Gasteiger partial charge in [0.25, 0.3) is 5.56 Å². The van der Waals surface area contributed by atoms with Crippen molar-refractivity contribution in [3.8, 4) is 16.9 Å². The number of piperazine rings is 1. The van der Waals surface area contributed by atoms with Gasteiger partial charge in [0.15, 0.2) is 0 Å². The minimum Gasteiger partial charge on any atom is -0.484 e. The van der Waals surface area contributed by atoms with Gasteiger partial charge in [-0.05, 0) is 31.7 Å². The van der Waals surface area contributed by atoms with E-state index in [1.807, 2.05) is 55.6 Å². The molecule has 0 radical (unpaired) electrons. The zero-order valence-corrected chi connectivity index (χ0v) is 19.9. The minimum atomic E-state index is -0.114. The van der Waals surface area contributed by atoms with Gasteiger partial charge in [-0.15, -0.1) is 0 Å². The molecule has 0 spiro atoms. The average Bonchev–Trinajstić information content (AvgIpc) is 3.27. The molecule has 176 valence electrons. The number of hydrogen-bond donors (Lipinski definition) is 0. The van der Waals surface area contributed by atoms with E-state index in [-0.39, 0.29) is 11.7 Å². The highest BCUT2D eigenvalue weighted by atomic mass is 16.5. The Hall–Kier alpha value is -3.42. The van der Waals surface area contributed by atoms with E-state index < -0.39 is 0 Å². The van der Waals surface area contributed by atoms with Crippen molar-refractivity contribution in [1.29, 1.82) is 0 Å². The molecule has 0 bridgehead atoms. The molecule has 34 heavy (non-hydrogen) atoms. The Labute approximate surface area is 199 Å². The van der Waals surface area contributed by atoms with E-state index in [1.165, 1.54) is 0 Å². The van der Waals surface area contributed by atoms with Crippen LogP contribution in [0.5, 0.6) is 5.75 Å². The maximum absolute atomic E-state index is 12.9. The van der Waals surface area contributed by atoms with Crippen LogP contribution in [0.3, 0.4) is 0 Å². The van der Waals surface area contributed by atoms with Gasteiger partial charge < -0.3 is 18.6 Å². The summed E-state index contributed by atoms with van der Waals surface area (Å²) in [6.45, 7) is 6.76. The molecule has 1 atom stereocenters. The highest BCUT2D eigenvalue weighted by Crippen LogP contribution is 2.32. The first-order valence-electron chi connectivity index (χ1n) is 11.7. The second-order valence-corrected chi connectivity index (χ2v) is 9.07. The van der Waals surface area contributed by atoms with Crippen molar-refractivity contribution in [2.45, 2.75) is 19.6 Å². The molecule has 4 heterocycles. The van der Waals surface area contributed by atoms with Gasteiger partial charge in [0.1, 0.15) is 23.2 Å². The highest BCUT2D eigenvalue weighted by Gasteiger charge is 2.19. The van der Waals surface area contributed by atoms with Gasteiger partial charge in [-0.1, -0.05) is 30.3 Å². The molecule has 0 saturated carbocycles. The number of rotatable bonds is 6. The number of likely N-dealkylation sites (N-methyl/N-ethyl adjacent to an activating group) is 1. The molecule has 1 unspecified atom stereocenters. The lowest BCUT2D eigenvalue weighted by Gasteiger charge is -2.31. The molecule has 1 fully saturated rings.